The van der Waals surface area contributed by atoms with Gasteiger partial charge in [0, 0.05) is 17.1 Å². The molecule has 3 saturated heterocycles. The van der Waals surface area contributed by atoms with Gasteiger partial charge < -0.3 is 46.5 Å². The van der Waals surface area contributed by atoms with Crippen LogP contribution in [0.5, 0.6) is 0 Å². The van der Waals surface area contributed by atoms with Gasteiger partial charge in [-0.1, -0.05) is 87.8 Å². The van der Waals surface area contributed by atoms with Crippen LogP contribution in [0.25, 0.3) is 21.3 Å². The summed E-state index contributed by atoms with van der Waals surface area (Å²) in [5, 5.41) is 33.6. The first-order chi connectivity index (χ1) is 16.4. The van der Waals surface area contributed by atoms with E-state index in [1.54, 1.807) is 0 Å². The van der Waals surface area contributed by atoms with Gasteiger partial charge in [0.25, 0.3) is 0 Å². The van der Waals surface area contributed by atoms with E-state index in [0.717, 1.165) is 63.6 Å². The van der Waals surface area contributed by atoms with Crippen LogP contribution in [0.3, 0.4) is 0 Å². The summed E-state index contributed by atoms with van der Waals surface area (Å²) in [4.78, 5) is 0. The van der Waals surface area contributed by atoms with Crippen molar-refractivity contribution in [1.82, 2.24) is 0 Å². The molecule has 4 heterocycles. The number of thiocyanates is 2. The minimum Gasteiger partial charge on any atom is -0.696 e. The molecule has 3 fully saturated rings. The Hall–Kier alpha value is -0.901. The average Bonchev–Trinajstić information content (AvgIpc) is 2.83. The van der Waals surface area contributed by atoms with Gasteiger partial charge in [0.15, 0.2) is 0 Å². The van der Waals surface area contributed by atoms with Gasteiger partial charge in [0.1, 0.15) is 0 Å². The molecule has 0 bridgehead atoms. The van der Waals surface area contributed by atoms with E-state index in [0.29, 0.717) is 0 Å². The topological polar surface area (TPSA) is 104 Å². The first-order valence-corrected chi connectivity index (χ1v) is 13.1. The minimum atomic E-state index is 0. The van der Waals surface area contributed by atoms with Crippen LogP contribution < -0.4 is 0 Å². The molecule has 0 atom stereocenters. The van der Waals surface area contributed by atoms with Crippen molar-refractivity contribution < 1.29 is 17.1 Å². The zero-order valence-electron chi connectivity index (χ0n) is 22.0. The van der Waals surface area contributed by atoms with Crippen LogP contribution in [-0.2, 0) is 42.3 Å². The molecule has 0 amide bonds. The SMILES string of the molecule is CC1=CC[N-]C=C1.CC1CC[N-]CC1.CC1CC[N-]CC1.CC1CC[N-]CC1.N#C[S-].N#C[S-].[Mn]. The van der Waals surface area contributed by atoms with Crippen molar-refractivity contribution in [2.75, 3.05) is 45.8 Å². The number of nitrogens with zero attached hydrogens (tertiary/aromatic N) is 6. The Kier molecular flexibility index (Phi) is 34.4. The zero-order valence-corrected chi connectivity index (χ0v) is 24.8. The third kappa shape index (κ3) is 33.1. The Morgan fingerprint density at radius 1 is 0.714 bits per heavy atom. The van der Waals surface area contributed by atoms with Crippen LogP contribution in [0.4, 0.5) is 0 Å². The molecule has 0 unspecified atom stereocenters. The van der Waals surface area contributed by atoms with Crippen molar-refractivity contribution >= 4 is 25.3 Å². The largest absolute Gasteiger partial charge is 0.696 e. The summed E-state index contributed by atoms with van der Waals surface area (Å²) in [6, 6.07) is 0. The van der Waals surface area contributed by atoms with Crippen LogP contribution in [0.1, 0.15) is 66.2 Å². The molecule has 4 rings (SSSR count). The van der Waals surface area contributed by atoms with Gasteiger partial charge in [-0.05, 0) is 24.7 Å². The van der Waals surface area contributed by atoms with E-state index in [1.807, 2.05) is 12.3 Å². The maximum absolute atomic E-state index is 7.13. The van der Waals surface area contributed by atoms with Gasteiger partial charge >= 0.3 is 0 Å². The summed E-state index contributed by atoms with van der Waals surface area (Å²) in [6.07, 6.45) is 13.9. The first kappa shape index (κ1) is 38.6. The van der Waals surface area contributed by atoms with E-state index in [4.69, 9.17) is 10.5 Å². The molecule has 35 heavy (non-hydrogen) atoms. The molecule has 0 N–H and O–H groups in total. The molecule has 4 aliphatic rings. The fraction of sp³-hybridized carbons (Fsp3) is 0.769. The summed E-state index contributed by atoms with van der Waals surface area (Å²) in [6.45, 7) is 16.5. The first-order valence-electron chi connectivity index (χ1n) is 12.3. The van der Waals surface area contributed by atoms with Crippen molar-refractivity contribution in [3.05, 3.63) is 45.2 Å². The molecular weight excluding hydrogens is 515 g/mol. The number of nitriles is 2. The number of rotatable bonds is 0. The van der Waals surface area contributed by atoms with Gasteiger partial charge in [-0.2, -0.15) is 6.20 Å². The second kappa shape index (κ2) is 31.1. The summed E-state index contributed by atoms with van der Waals surface area (Å²) in [5.74, 6) is 2.83. The quantitative estimate of drug-likeness (QED) is 0.177. The number of hydrogen-bond acceptors (Lipinski definition) is 4. The molecule has 0 aromatic heterocycles. The third-order valence-corrected chi connectivity index (χ3v) is 5.64. The fourth-order valence-electron chi connectivity index (χ4n) is 3.13. The predicted octanol–water partition coefficient (Wildman–Crippen LogP) is 7.23. The van der Waals surface area contributed by atoms with E-state index in [-0.39, 0.29) is 17.1 Å². The molecule has 1 radical (unpaired) electrons. The molecule has 0 saturated carbocycles. The van der Waals surface area contributed by atoms with Crippen molar-refractivity contribution in [3.63, 3.8) is 0 Å². The number of allylic oxidation sites excluding steroid dienone is 2. The van der Waals surface area contributed by atoms with Crippen molar-refractivity contribution in [2.45, 2.75) is 66.2 Å². The molecule has 0 spiro atoms. The third-order valence-electron chi connectivity index (χ3n) is 5.64. The molecular formula is C26H44MnN6S2-6. The minimum absolute atomic E-state index is 0. The fourth-order valence-corrected chi connectivity index (χ4v) is 3.13. The molecule has 0 aromatic carbocycles. The van der Waals surface area contributed by atoms with Gasteiger partial charge in [0.05, 0.1) is 0 Å². The Balaban J connectivity index is -0.000000360. The summed E-state index contributed by atoms with van der Waals surface area (Å²) < 4.78 is 0. The van der Waals surface area contributed by atoms with Crippen molar-refractivity contribution in [2.24, 2.45) is 17.8 Å². The molecule has 0 aliphatic carbocycles. The van der Waals surface area contributed by atoms with Crippen LogP contribution in [0.15, 0.2) is 23.9 Å². The van der Waals surface area contributed by atoms with Crippen molar-refractivity contribution in [1.29, 1.82) is 10.5 Å². The molecule has 9 heteroatoms. The van der Waals surface area contributed by atoms with Gasteiger partial charge in [0.2, 0.25) is 0 Å². The monoisotopic (exact) mass is 559 g/mol. The van der Waals surface area contributed by atoms with E-state index < -0.39 is 0 Å². The number of piperidine rings is 3. The summed E-state index contributed by atoms with van der Waals surface area (Å²) >= 11 is 7.40. The second-order valence-corrected chi connectivity index (χ2v) is 9.24. The van der Waals surface area contributed by atoms with Crippen LogP contribution in [-0.4, -0.2) is 45.8 Å². The van der Waals surface area contributed by atoms with Crippen LogP contribution in [0, 0.1) is 39.1 Å². The van der Waals surface area contributed by atoms with Gasteiger partial charge in [-0.15, -0.1) is 45.8 Å². The maximum Gasteiger partial charge on any atom is 0 e. The van der Waals surface area contributed by atoms with Gasteiger partial charge in [-0.25, -0.2) is 10.5 Å². The molecule has 0 aromatic rings. The molecule has 4 aliphatic heterocycles. The maximum atomic E-state index is 7.13. The van der Waals surface area contributed by atoms with Crippen LogP contribution >= 0.6 is 0 Å². The molecule has 6 nitrogen and oxygen atoms in total. The standard InChI is InChI=1S/3C6H12N.C6H8N.2CHNS.Mn/c4*1-6-2-4-7-5-3-6;2*2-1-3;/h3*6H,2-5H2,1H3;2-4H,5H2,1H3;2*3H;/q4*-1;;;/p-2. The Morgan fingerprint density at radius 2 is 1.00 bits per heavy atom. The zero-order chi connectivity index (χ0) is 25.9. The van der Waals surface area contributed by atoms with E-state index in [9.17, 15) is 0 Å². The Labute approximate surface area is 237 Å². The summed E-state index contributed by atoms with van der Waals surface area (Å²) in [5.41, 5.74) is 1.31. The smallest absolute Gasteiger partial charge is 0 e. The van der Waals surface area contributed by atoms with Gasteiger partial charge in [-0.3, -0.25) is 0 Å². The summed E-state index contributed by atoms with van der Waals surface area (Å²) in [7, 11) is 0. The van der Waals surface area contributed by atoms with Crippen molar-refractivity contribution in [3.8, 4) is 10.8 Å². The number of hydrogen-bond donors (Lipinski definition) is 0. The van der Waals surface area contributed by atoms with E-state index in [2.05, 4.69) is 80.3 Å². The predicted molar refractivity (Wildman–Crippen MR) is 152 cm³/mol. The average molecular weight is 560 g/mol. The normalized spacial score (nSPS) is 19.2. The van der Waals surface area contributed by atoms with E-state index in [1.165, 1.54) is 54.9 Å². The molecule has 203 valence electrons. The Bertz CT molecular complexity index is 521. The van der Waals surface area contributed by atoms with E-state index >= 15 is 0 Å². The second-order valence-electron chi connectivity index (χ2n) is 8.87. The van der Waals surface area contributed by atoms with Crippen LogP contribution in [0.2, 0.25) is 0 Å². The Morgan fingerprint density at radius 3 is 1.11 bits per heavy atom.